The van der Waals surface area contributed by atoms with Gasteiger partial charge in [0.2, 0.25) is 0 Å². The summed E-state index contributed by atoms with van der Waals surface area (Å²) in [4.78, 5) is 0. The lowest BCUT2D eigenvalue weighted by Crippen LogP contribution is -2.68. The molecule has 4 saturated carbocycles. The van der Waals surface area contributed by atoms with E-state index in [0.29, 0.717) is 25.4 Å². The summed E-state index contributed by atoms with van der Waals surface area (Å²) in [5.41, 5.74) is -0.692. The summed E-state index contributed by atoms with van der Waals surface area (Å²) in [7, 11) is 0. The van der Waals surface area contributed by atoms with Gasteiger partial charge in [-0.3, -0.25) is 0 Å². The molecular formula is C48H78O18. The molecule has 378 valence electrons. The molecule has 5 heterocycles. The third-order valence-corrected chi connectivity index (χ3v) is 19.3. The molecule has 18 heteroatoms. The Bertz CT molecular complexity index is 1790. The summed E-state index contributed by atoms with van der Waals surface area (Å²) < 4.78 is 51.1. The lowest BCUT2D eigenvalue weighted by atomic mass is 9.35. The average Bonchev–Trinajstić information content (AvgIpc) is 3.87. The van der Waals surface area contributed by atoms with E-state index in [-0.39, 0.29) is 40.1 Å². The second kappa shape index (κ2) is 17.4. The first-order valence-electron chi connectivity index (χ1n) is 24.5. The first-order valence-corrected chi connectivity index (χ1v) is 24.5. The Morgan fingerprint density at radius 1 is 0.667 bits per heavy atom. The maximum Gasteiger partial charge on any atom is 0.187 e. The van der Waals surface area contributed by atoms with Crippen molar-refractivity contribution in [1.29, 1.82) is 0 Å². The molecule has 66 heavy (non-hydrogen) atoms. The molecule has 9 aliphatic rings. The van der Waals surface area contributed by atoms with Crippen LogP contribution in [0.2, 0.25) is 0 Å². The fourth-order valence-electron chi connectivity index (χ4n) is 15.9. The van der Waals surface area contributed by atoms with E-state index in [2.05, 4.69) is 47.6 Å². The Labute approximate surface area is 387 Å². The molecule has 9 rings (SSSR count). The van der Waals surface area contributed by atoms with E-state index in [1.165, 1.54) is 12.5 Å². The van der Waals surface area contributed by atoms with Crippen LogP contribution in [0, 0.1) is 45.3 Å². The van der Waals surface area contributed by atoms with Gasteiger partial charge in [-0.25, -0.2) is 0 Å². The van der Waals surface area contributed by atoms with Gasteiger partial charge in [0.1, 0.15) is 67.1 Å². The Balaban J connectivity index is 0.986. The van der Waals surface area contributed by atoms with Gasteiger partial charge >= 0.3 is 0 Å². The van der Waals surface area contributed by atoms with Crippen molar-refractivity contribution in [1.82, 2.24) is 0 Å². The van der Waals surface area contributed by atoms with Crippen LogP contribution in [-0.2, 0) is 37.9 Å². The zero-order valence-electron chi connectivity index (χ0n) is 39.7. The van der Waals surface area contributed by atoms with E-state index in [0.717, 1.165) is 38.5 Å². The zero-order chi connectivity index (χ0) is 47.8. The molecule has 2 bridgehead atoms. The predicted molar refractivity (Wildman–Crippen MR) is 229 cm³/mol. The number of aliphatic hydroxyl groups is 10. The van der Waals surface area contributed by atoms with Crippen molar-refractivity contribution in [2.24, 2.45) is 45.3 Å². The van der Waals surface area contributed by atoms with Gasteiger partial charge in [0.15, 0.2) is 24.7 Å². The lowest BCUT2D eigenvalue weighted by Gasteiger charge is -2.70. The molecule has 26 atom stereocenters. The summed E-state index contributed by atoms with van der Waals surface area (Å²) >= 11 is 0. The van der Waals surface area contributed by atoms with E-state index in [4.69, 9.17) is 37.9 Å². The first-order chi connectivity index (χ1) is 30.9. The maximum atomic E-state index is 12.3. The van der Waals surface area contributed by atoms with Gasteiger partial charge in [-0.2, -0.15) is 0 Å². The fourth-order valence-corrected chi connectivity index (χ4v) is 15.9. The van der Waals surface area contributed by atoms with Gasteiger partial charge in [0, 0.05) is 17.8 Å². The maximum absolute atomic E-state index is 12.3. The van der Waals surface area contributed by atoms with Crippen molar-refractivity contribution in [2.45, 2.75) is 222 Å². The van der Waals surface area contributed by atoms with Crippen LogP contribution < -0.4 is 0 Å². The predicted octanol–water partition coefficient (Wildman–Crippen LogP) is 0.355. The number of ether oxygens (including phenoxy) is 8. The third-order valence-electron chi connectivity index (χ3n) is 19.3. The minimum Gasteiger partial charge on any atom is -0.394 e. The first kappa shape index (κ1) is 50.0. The van der Waals surface area contributed by atoms with Gasteiger partial charge < -0.3 is 89.0 Å². The van der Waals surface area contributed by atoms with E-state index >= 15 is 0 Å². The molecule has 5 saturated heterocycles. The summed E-state index contributed by atoms with van der Waals surface area (Å²) in [6.45, 7) is 16.1. The smallest absolute Gasteiger partial charge is 0.187 e. The van der Waals surface area contributed by atoms with Crippen molar-refractivity contribution in [3.63, 3.8) is 0 Å². The average molecular weight is 943 g/mol. The lowest BCUT2D eigenvalue weighted by molar-refractivity contribution is -0.398. The van der Waals surface area contributed by atoms with Gasteiger partial charge in [-0.15, -0.1) is 0 Å². The van der Waals surface area contributed by atoms with Crippen LogP contribution in [0.15, 0.2) is 11.6 Å². The molecule has 4 aliphatic carbocycles. The highest BCUT2D eigenvalue weighted by molar-refractivity contribution is 5.28. The van der Waals surface area contributed by atoms with Crippen LogP contribution in [0.25, 0.3) is 0 Å². The minimum atomic E-state index is -1.86. The van der Waals surface area contributed by atoms with Crippen molar-refractivity contribution in [3.8, 4) is 0 Å². The van der Waals surface area contributed by atoms with Crippen LogP contribution in [-0.4, -0.2) is 187 Å². The summed E-state index contributed by atoms with van der Waals surface area (Å²) in [6.07, 6.45) is -15.6. The number of aliphatic hydroxyl groups excluding tert-OH is 9. The standard InChI is InChI=1S/C48H78O18/c1-21(2)9-12-29-46(8,58)39-23-10-11-27-44(6)15-14-28(43(4,5)26(44)13-16-45(27,7)47(23)19-48(39,66-29)59-20-47)63-42-38(65-40-35(56)33(54)30(51)22(3)60-40)37(32(53)25(18-50)62-42)64-41-36(57)34(55)31(52)24(17-49)61-41/h9,22-42,49-58H,10-20H2,1-8H3/t22-,23?,24+,25+,26?,27+,28?,29?,30-,31+,32-,33+,34-,35+,36+,37-,38+,39?,40-,41-,42-,44-,45+,46?,47-,48-/m0/s1. The van der Waals surface area contributed by atoms with Crippen LogP contribution >= 0.6 is 0 Å². The fraction of sp³-hybridized carbons (Fsp3) is 0.958. The zero-order valence-corrected chi connectivity index (χ0v) is 39.7. The van der Waals surface area contributed by atoms with Crippen molar-refractivity contribution in [2.75, 3.05) is 19.8 Å². The van der Waals surface area contributed by atoms with Gasteiger partial charge in [0.05, 0.1) is 43.7 Å². The molecule has 10 N–H and O–H groups in total. The molecule has 0 amide bonds. The molecule has 6 unspecified atom stereocenters. The monoisotopic (exact) mass is 943 g/mol. The third kappa shape index (κ3) is 7.32. The molecule has 9 fully saturated rings. The normalized spacial score (nSPS) is 57.4. The van der Waals surface area contributed by atoms with Crippen molar-refractivity contribution < 1.29 is 89.0 Å². The van der Waals surface area contributed by atoms with Gasteiger partial charge in [-0.1, -0.05) is 39.3 Å². The molecule has 0 aromatic heterocycles. The molecular weight excluding hydrogens is 865 g/mol. The molecule has 0 radical (unpaired) electrons. The largest absolute Gasteiger partial charge is 0.394 e. The van der Waals surface area contributed by atoms with Crippen molar-refractivity contribution in [3.05, 3.63) is 11.6 Å². The highest BCUT2D eigenvalue weighted by Gasteiger charge is 2.82. The minimum absolute atomic E-state index is 0.0887. The van der Waals surface area contributed by atoms with E-state index in [1.807, 2.05) is 6.92 Å². The number of rotatable bonds is 10. The number of hydrogen-bond acceptors (Lipinski definition) is 18. The van der Waals surface area contributed by atoms with Crippen LogP contribution in [0.3, 0.4) is 0 Å². The highest BCUT2D eigenvalue weighted by atomic mass is 16.8. The van der Waals surface area contributed by atoms with E-state index in [1.54, 1.807) is 0 Å². The summed E-state index contributed by atoms with van der Waals surface area (Å²) in [6, 6.07) is 0. The molecule has 0 aromatic carbocycles. The van der Waals surface area contributed by atoms with E-state index in [9.17, 15) is 51.1 Å². The Hall–Kier alpha value is -0.980. The Morgan fingerprint density at radius 3 is 1.95 bits per heavy atom. The Kier molecular flexibility index (Phi) is 13.1. The SMILES string of the molecule is CC(C)=CCC1O[C@]23C[C@]4(CO2)C(CC[C@@H]2[C@@]5(C)CCC(O[C@@H]6O[C@H](CO)[C@H](O)[C@H](O[C@@H]7O[C@H](CO)[C@@H](O)[C@H](O)[C@H]7O)[C@H]6O[C@@H]6O[C@@H](C)[C@H](O)[C@@H](O)[C@H]6O)C(C)(C)C5CC[C@]24C)C3C1(C)O. The summed E-state index contributed by atoms with van der Waals surface area (Å²) in [5.74, 6) is -0.143. The quantitative estimate of drug-likeness (QED) is 0.105. The number of fused-ring (bicyclic) bond motifs is 4. The topological polar surface area (TPSA) is 276 Å². The van der Waals surface area contributed by atoms with Crippen molar-refractivity contribution >= 4 is 0 Å². The molecule has 5 aliphatic heterocycles. The van der Waals surface area contributed by atoms with E-state index < -0.39 is 128 Å². The van der Waals surface area contributed by atoms with Crippen LogP contribution in [0.4, 0.5) is 0 Å². The Morgan fingerprint density at radius 2 is 1.29 bits per heavy atom. The van der Waals surface area contributed by atoms with Crippen LogP contribution in [0.5, 0.6) is 0 Å². The molecule has 2 spiro atoms. The number of allylic oxidation sites excluding steroid dienone is 1. The summed E-state index contributed by atoms with van der Waals surface area (Å²) in [5, 5.41) is 109. The van der Waals surface area contributed by atoms with Gasteiger partial charge in [-0.05, 0) is 107 Å². The molecule has 18 nitrogen and oxygen atoms in total. The second-order valence-corrected chi connectivity index (χ2v) is 23.3. The molecule has 0 aromatic rings. The van der Waals surface area contributed by atoms with Gasteiger partial charge in [0.25, 0.3) is 0 Å². The van der Waals surface area contributed by atoms with Crippen LogP contribution in [0.1, 0.15) is 107 Å². The number of hydrogen-bond donors (Lipinski definition) is 10. The highest BCUT2D eigenvalue weighted by Crippen LogP contribution is 2.81. The second-order valence-electron chi connectivity index (χ2n) is 23.3.